The topological polar surface area (TPSA) is 179 Å². The summed E-state index contributed by atoms with van der Waals surface area (Å²) in [7, 11) is -5.38. The average molecular weight is 725 g/mol. The number of hydrogen-bond donors (Lipinski definition) is 4. The van der Waals surface area contributed by atoms with E-state index < -0.39 is 24.3 Å². The van der Waals surface area contributed by atoms with Gasteiger partial charge in [-0.3, -0.25) is 14.1 Å². The Kier molecular flexibility index (Phi) is 8.78. The van der Waals surface area contributed by atoms with E-state index in [1.54, 1.807) is 33.6 Å². The molecule has 0 spiro atoms. The Morgan fingerprint density at radius 1 is 1.06 bits per heavy atom. The smallest absolute Gasteiger partial charge is 0.296 e. The van der Waals surface area contributed by atoms with E-state index in [1.165, 1.54) is 6.33 Å². The molecule has 0 bridgehead atoms. The first kappa shape index (κ1) is 34.2. The van der Waals surface area contributed by atoms with Crippen LogP contribution in [0.4, 0.5) is 11.5 Å². The van der Waals surface area contributed by atoms with Crippen molar-refractivity contribution in [3.8, 4) is 16.8 Å². The Bertz CT molecular complexity index is 2570. The number of nitrogens with one attached hydrogen (secondary N) is 3. The Hall–Kier alpha value is -5.29. The Morgan fingerprint density at radius 2 is 1.84 bits per heavy atom. The first-order chi connectivity index (χ1) is 24.3. The maximum Gasteiger partial charge on any atom is 0.296 e. The van der Waals surface area contributed by atoms with E-state index >= 15 is 0 Å². The van der Waals surface area contributed by atoms with Crippen LogP contribution in [0, 0.1) is 6.92 Å². The molecular formula is C35H40N10O4SSi. The Morgan fingerprint density at radius 3 is 2.59 bits per heavy atom. The highest BCUT2D eigenvalue weighted by Crippen LogP contribution is 2.40. The molecular weight excluding hydrogens is 685 g/mol. The normalized spacial score (nSPS) is 13.0. The summed E-state index contributed by atoms with van der Waals surface area (Å²) in [5.74, 6) is 0.971. The molecule has 0 saturated heterocycles. The third-order valence-electron chi connectivity index (χ3n) is 8.77. The van der Waals surface area contributed by atoms with Crippen molar-refractivity contribution in [2.75, 3.05) is 16.6 Å². The van der Waals surface area contributed by atoms with Crippen LogP contribution in [0.3, 0.4) is 0 Å². The molecule has 1 atom stereocenters. The van der Waals surface area contributed by atoms with Crippen molar-refractivity contribution in [3.63, 3.8) is 0 Å². The number of aromatic amines is 1. The molecule has 0 aliphatic carbocycles. The van der Waals surface area contributed by atoms with Gasteiger partial charge in [0.05, 0.1) is 22.8 Å². The fourth-order valence-corrected chi connectivity index (χ4v) is 7.50. The number of nitrogens with zero attached hydrogens (tertiary/aromatic N) is 6. The Labute approximate surface area is 295 Å². The molecule has 0 aliphatic heterocycles. The van der Waals surface area contributed by atoms with Gasteiger partial charge >= 0.3 is 0 Å². The molecule has 264 valence electrons. The molecule has 7 rings (SSSR count). The van der Waals surface area contributed by atoms with Gasteiger partial charge in [-0.15, -0.1) is 0 Å². The molecule has 5 heterocycles. The summed E-state index contributed by atoms with van der Waals surface area (Å²) in [6, 6.07) is 17.1. The number of benzene rings is 2. The van der Waals surface area contributed by atoms with Crippen LogP contribution in [0.1, 0.15) is 24.4 Å². The van der Waals surface area contributed by atoms with Gasteiger partial charge in [0.15, 0.2) is 5.82 Å². The summed E-state index contributed by atoms with van der Waals surface area (Å²) in [5.41, 5.74) is 4.89. The van der Waals surface area contributed by atoms with Gasteiger partial charge in [-0.05, 0) is 67.4 Å². The minimum Gasteiger partial charge on any atom is -0.361 e. The van der Waals surface area contributed by atoms with E-state index in [0.29, 0.717) is 51.7 Å². The summed E-state index contributed by atoms with van der Waals surface area (Å²) in [6.45, 7) is 11.6. The lowest BCUT2D eigenvalue weighted by molar-refractivity contribution is 0.0899. The van der Waals surface area contributed by atoms with Crippen LogP contribution in [0.2, 0.25) is 25.7 Å². The zero-order valence-electron chi connectivity index (χ0n) is 29.0. The predicted molar refractivity (Wildman–Crippen MR) is 203 cm³/mol. The molecule has 0 fully saturated rings. The van der Waals surface area contributed by atoms with Crippen molar-refractivity contribution in [2.24, 2.45) is 5.14 Å². The number of nitrogens with two attached hydrogens (primary N) is 1. The van der Waals surface area contributed by atoms with Crippen LogP contribution in [0.25, 0.3) is 44.3 Å². The lowest BCUT2D eigenvalue weighted by atomic mass is 10.0. The van der Waals surface area contributed by atoms with Gasteiger partial charge in [-0.2, -0.15) is 13.5 Å². The molecule has 0 aliphatic rings. The number of rotatable bonds is 12. The molecule has 0 radical (unpaired) electrons. The summed E-state index contributed by atoms with van der Waals surface area (Å²) in [4.78, 5) is 26.6. The number of H-pyrrole nitrogens is 1. The van der Waals surface area contributed by atoms with Gasteiger partial charge in [-0.25, -0.2) is 19.6 Å². The highest BCUT2D eigenvalue weighted by atomic mass is 32.2. The SMILES string of the molecule is Cc1ccn2nc([C@H](C)Nc3ncnc4c3c(-c3cc(NS(N)(=O)=O)cc5[nH]ccc35)cn4COCC[Si](C)(C)C)n(-c3ccccc3)c(=O)c12. The molecule has 16 heteroatoms. The van der Waals surface area contributed by atoms with Crippen molar-refractivity contribution in [3.05, 3.63) is 101 Å². The second-order valence-corrected chi connectivity index (χ2v) is 20.8. The third kappa shape index (κ3) is 6.90. The molecule has 0 unspecified atom stereocenters. The third-order valence-corrected chi connectivity index (χ3v) is 11.0. The lowest BCUT2D eigenvalue weighted by Gasteiger charge is -2.20. The van der Waals surface area contributed by atoms with E-state index in [-0.39, 0.29) is 12.3 Å². The number of fused-ring (bicyclic) bond motifs is 3. The second kappa shape index (κ2) is 13.1. The molecule has 2 aromatic carbocycles. The second-order valence-electron chi connectivity index (χ2n) is 13.9. The minimum atomic E-state index is -4.05. The summed E-state index contributed by atoms with van der Waals surface area (Å²) in [6.07, 6.45) is 7.00. The first-order valence-electron chi connectivity index (χ1n) is 16.5. The van der Waals surface area contributed by atoms with Gasteiger partial charge in [0.25, 0.3) is 15.8 Å². The van der Waals surface area contributed by atoms with Crippen LogP contribution in [-0.2, 0) is 21.7 Å². The molecule has 14 nitrogen and oxygen atoms in total. The first-order valence-corrected chi connectivity index (χ1v) is 21.8. The molecule has 0 amide bonds. The van der Waals surface area contributed by atoms with Crippen molar-refractivity contribution in [1.29, 1.82) is 0 Å². The van der Waals surface area contributed by atoms with E-state index in [0.717, 1.165) is 28.1 Å². The summed E-state index contributed by atoms with van der Waals surface area (Å²) >= 11 is 0. The average Bonchev–Trinajstić information content (AvgIpc) is 3.79. The maximum absolute atomic E-state index is 14.0. The van der Waals surface area contributed by atoms with Gasteiger partial charge in [0.1, 0.15) is 30.0 Å². The van der Waals surface area contributed by atoms with Crippen molar-refractivity contribution < 1.29 is 13.2 Å². The van der Waals surface area contributed by atoms with Crippen molar-refractivity contribution >= 4 is 57.2 Å². The van der Waals surface area contributed by atoms with E-state index in [1.807, 2.05) is 67.1 Å². The number of hydrogen-bond acceptors (Lipinski definition) is 8. The zero-order valence-corrected chi connectivity index (χ0v) is 30.8. The summed E-state index contributed by atoms with van der Waals surface area (Å²) < 4.78 is 37.9. The van der Waals surface area contributed by atoms with Crippen LogP contribution in [0.15, 0.2) is 84.3 Å². The van der Waals surface area contributed by atoms with Crippen LogP contribution < -0.4 is 20.7 Å². The number of para-hydroxylation sites is 1. The Balaban J connectivity index is 1.39. The van der Waals surface area contributed by atoms with Crippen LogP contribution in [0.5, 0.6) is 0 Å². The van der Waals surface area contributed by atoms with Gasteiger partial charge in [0.2, 0.25) is 0 Å². The number of ether oxygens (including phenoxy) is 1. The van der Waals surface area contributed by atoms with E-state index in [9.17, 15) is 13.2 Å². The van der Waals surface area contributed by atoms with Gasteiger partial charge in [0, 0.05) is 49.7 Å². The molecule has 51 heavy (non-hydrogen) atoms. The highest BCUT2D eigenvalue weighted by molar-refractivity contribution is 7.90. The number of anilines is 2. The van der Waals surface area contributed by atoms with Crippen LogP contribution in [-0.4, -0.2) is 56.8 Å². The lowest BCUT2D eigenvalue weighted by Crippen LogP contribution is -2.29. The highest BCUT2D eigenvalue weighted by Gasteiger charge is 2.24. The quantitative estimate of drug-likeness (QED) is 0.0904. The van der Waals surface area contributed by atoms with Gasteiger partial charge in [-0.1, -0.05) is 37.8 Å². The van der Waals surface area contributed by atoms with Crippen molar-refractivity contribution in [1.82, 2.24) is 33.7 Å². The minimum absolute atomic E-state index is 0.188. The number of aryl methyl sites for hydroxylation is 1. The van der Waals surface area contributed by atoms with Gasteiger partial charge < -0.3 is 19.6 Å². The van der Waals surface area contributed by atoms with E-state index in [4.69, 9.17) is 24.9 Å². The largest absolute Gasteiger partial charge is 0.361 e. The molecule has 5 N–H and O–H groups in total. The number of aromatic nitrogens is 7. The molecule has 0 saturated carbocycles. The molecule has 7 aromatic rings. The fraction of sp³-hybridized carbons (Fsp3) is 0.257. The molecule has 5 aromatic heterocycles. The van der Waals surface area contributed by atoms with E-state index in [2.05, 4.69) is 34.7 Å². The van der Waals surface area contributed by atoms with Crippen molar-refractivity contribution in [2.45, 2.75) is 52.3 Å². The predicted octanol–water partition coefficient (Wildman–Crippen LogP) is 5.79. The summed E-state index contributed by atoms with van der Waals surface area (Å²) in [5, 5.41) is 15.4. The standard InChI is InChI=1S/C35H40N10O4SSi/c1-22-12-14-44-31(22)35(46)45(25-9-7-6-8-10-25)33(41-44)23(2)40-32-30-28(19-43(34(30)39-20-38-32)21-49-15-16-51(3,4)5)27-17-24(42-50(36,47)48)18-29-26(27)11-13-37-29/h6-14,17-20,23,37,42H,15-16,21H2,1-5H3,(H2,36,47,48)(H,38,39,40)/t23-/m0/s1. The zero-order chi connectivity index (χ0) is 36.1. The monoisotopic (exact) mass is 724 g/mol. The maximum atomic E-state index is 14.0. The fourth-order valence-electron chi connectivity index (χ4n) is 6.30. The van der Waals surface area contributed by atoms with Crippen LogP contribution >= 0.6 is 0 Å².